The Hall–Kier alpha value is -0.335. The van der Waals surface area contributed by atoms with Crippen LogP contribution in [0.1, 0.15) is 0 Å². The Morgan fingerprint density at radius 3 is 1.47 bits per heavy atom. The van der Waals surface area contributed by atoms with Gasteiger partial charge in [-0.3, -0.25) is 0 Å². The van der Waals surface area contributed by atoms with Crippen LogP contribution in [0.2, 0.25) is 20.1 Å². The van der Waals surface area contributed by atoms with E-state index in [2.05, 4.69) is 0 Å². The van der Waals surface area contributed by atoms with E-state index in [9.17, 15) is 0 Å². The van der Waals surface area contributed by atoms with Crippen LogP contribution in [0, 0.1) is 0 Å². The highest BCUT2D eigenvalue weighted by atomic mass is 35.5. The van der Waals surface area contributed by atoms with Crippen molar-refractivity contribution in [3.05, 3.63) is 56.5 Å². The Kier molecular flexibility index (Phi) is 4.27. The Morgan fingerprint density at radius 2 is 1.06 bits per heavy atom. The Balaban J connectivity index is 2.38. The van der Waals surface area contributed by atoms with Gasteiger partial charge in [0.25, 0.3) is 0 Å². The summed E-state index contributed by atoms with van der Waals surface area (Å²) in [5, 5.41) is 2.21. The molecule has 17 heavy (non-hydrogen) atoms. The fourth-order valence-corrected chi connectivity index (χ4v) is 2.35. The molecule has 0 aromatic heterocycles. The van der Waals surface area contributed by atoms with Crippen LogP contribution in [-0.2, 0) is 0 Å². The van der Waals surface area contributed by atoms with Crippen LogP contribution in [0.5, 0.6) is 0 Å². The normalized spacial score (nSPS) is 10.4. The zero-order valence-corrected chi connectivity index (χ0v) is 11.7. The van der Waals surface area contributed by atoms with Gasteiger partial charge in [0.15, 0.2) is 7.28 Å². The minimum atomic E-state index is 0.544. The molecule has 2 aromatic carbocycles. The van der Waals surface area contributed by atoms with Gasteiger partial charge in [0.05, 0.1) is 20.1 Å². The standard InChI is InChI=1S/C12H7BCl4/c14-9-5-1-3-7(11(9)16)13-8-4-2-6-10(15)12(8)17/h1-6,13H. The molecular weight excluding hydrogens is 297 g/mol. The number of halogens is 4. The van der Waals surface area contributed by atoms with E-state index >= 15 is 0 Å². The highest BCUT2D eigenvalue weighted by Gasteiger charge is 2.10. The van der Waals surface area contributed by atoms with Crippen molar-refractivity contribution in [1.82, 2.24) is 0 Å². The van der Waals surface area contributed by atoms with Gasteiger partial charge in [-0.1, -0.05) is 81.6 Å². The zero-order chi connectivity index (χ0) is 12.4. The smallest absolute Gasteiger partial charge is 0.0833 e. The maximum absolute atomic E-state index is 6.13. The molecule has 0 spiro atoms. The first-order valence-corrected chi connectivity index (χ1v) is 6.46. The summed E-state index contributed by atoms with van der Waals surface area (Å²) >= 11 is 24.2. The number of hydrogen-bond donors (Lipinski definition) is 0. The topological polar surface area (TPSA) is 0 Å². The maximum atomic E-state index is 6.13. The van der Waals surface area contributed by atoms with Gasteiger partial charge in [-0.15, -0.1) is 0 Å². The fourth-order valence-electron chi connectivity index (χ4n) is 1.58. The van der Waals surface area contributed by atoms with Gasteiger partial charge in [0, 0.05) is 0 Å². The van der Waals surface area contributed by atoms with Gasteiger partial charge in [0.1, 0.15) is 0 Å². The predicted molar refractivity (Wildman–Crippen MR) is 79.3 cm³/mol. The first-order valence-electron chi connectivity index (χ1n) is 4.95. The second-order valence-corrected chi connectivity index (χ2v) is 5.17. The summed E-state index contributed by atoms with van der Waals surface area (Å²) in [4.78, 5) is 0. The lowest BCUT2D eigenvalue weighted by Crippen LogP contribution is -2.28. The van der Waals surface area contributed by atoms with Crippen LogP contribution in [0.3, 0.4) is 0 Å². The van der Waals surface area contributed by atoms with Gasteiger partial charge < -0.3 is 0 Å². The van der Waals surface area contributed by atoms with Gasteiger partial charge in [-0.25, -0.2) is 0 Å². The van der Waals surface area contributed by atoms with Crippen LogP contribution in [0.15, 0.2) is 36.4 Å². The number of rotatable bonds is 2. The molecular formula is C12H7BCl4. The van der Waals surface area contributed by atoms with Crippen molar-refractivity contribution in [2.45, 2.75) is 0 Å². The molecule has 0 N–H and O–H groups in total. The fraction of sp³-hybridized carbons (Fsp3) is 0. The third kappa shape index (κ3) is 2.92. The average molecular weight is 304 g/mol. The van der Waals surface area contributed by atoms with Crippen molar-refractivity contribution in [2.24, 2.45) is 0 Å². The van der Waals surface area contributed by atoms with E-state index < -0.39 is 0 Å². The summed E-state index contributed by atoms with van der Waals surface area (Å²) in [5.41, 5.74) is 1.87. The summed E-state index contributed by atoms with van der Waals surface area (Å²) in [6.45, 7) is 0. The molecule has 2 rings (SSSR count). The van der Waals surface area contributed by atoms with E-state index in [0.717, 1.165) is 10.9 Å². The van der Waals surface area contributed by atoms with Crippen molar-refractivity contribution >= 4 is 64.6 Å². The van der Waals surface area contributed by atoms with Gasteiger partial charge >= 0.3 is 0 Å². The van der Waals surface area contributed by atoms with E-state index in [1.54, 1.807) is 12.1 Å². The van der Waals surface area contributed by atoms with Gasteiger partial charge in [0.2, 0.25) is 0 Å². The van der Waals surface area contributed by atoms with Crippen LogP contribution in [0.4, 0.5) is 0 Å². The van der Waals surface area contributed by atoms with Crippen LogP contribution >= 0.6 is 46.4 Å². The van der Waals surface area contributed by atoms with Crippen LogP contribution in [-0.4, -0.2) is 7.28 Å². The predicted octanol–water partition coefficient (Wildman–Crippen LogP) is 3.69. The lowest BCUT2D eigenvalue weighted by atomic mass is 9.64. The molecule has 0 amide bonds. The first-order chi connectivity index (χ1) is 8.09. The molecule has 5 heteroatoms. The van der Waals surface area contributed by atoms with Crippen LogP contribution in [0.25, 0.3) is 0 Å². The molecule has 0 aliphatic carbocycles. The lowest BCUT2D eigenvalue weighted by Gasteiger charge is -2.07. The Morgan fingerprint density at radius 1 is 0.647 bits per heavy atom. The quantitative estimate of drug-likeness (QED) is 0.742. The second-order valence-electron chi connectivity index (χ2n) is 3.60. The minimum absolute atomic E-state index is 0.544. The molecule has 0 saturated carbocycles. The van der Waals surface area contributed by atoms with Crippen LogP contribution < -0.4 is 10.9 Å². The third-order valence-electron chi connectivity index (χ3n) is 2.44. The summed E-state index contributed by atoms with van der Waals surface area (Å²) in [5.74, 6) is 0. The molecule has 0 saturated heterocycles. The number of hydrogen-bond acceptors (Lipinski definition) is 0. The summed E-state index contributed by atoms with van der Waals surface area (Å²) in [7, 11) is 0.610. The monoisotopic (exact) mass is 302 g/mol. The third-order valence-corrected chi connectivity index (χ3v) is 4.16. The molecule has 2 aromatic rings. The molecule has 0 radical (unpaired) electrons. The molecule has 0 atom stereocenters. The van der Waals surface area contributed by atoms with Crippen molar-refractivity contribution in [3.8, 4) is 0 Å². The maximum Gasteiger partial charge on any atom is 0.196 e. The Bertz CT molecular complexity index is 505. The molecule has 0 unspecified atom stereocenters. The van der Waals surface area contributed by atoms with E-state index in [1.807, 2.05) is 24.3 Å². The van der Waals surface area contributed by atoms with E-state index in [-0.39, 0.29) is 0 Å². The minimum Gasteiger partial charge on any atom is -0.0833 e. The molecule has 0 bridgehead atoms. The molecule has 0 fully saturated rings. The summed E-state index contributed by atoms with van der Waals surface area (Å²) < 4.78 is 0. The van der Waals surface area contributed by atoms with Gasteiger partial charge in [-0.2, -0.15) is 0 Å². The van der Waals surface area contributed by atoms with Crippen molar-refractivity contribution in [1.29, 1.82) is 0 Å². The van der Waals surface area contributed by atoms with E-state index in [1.165, 1.54) is 0 Å². The Labute approximate surface area is 121 Å². The van der Waals surface area contributed by atoms with Crippen molar-refractivity contribution in [3.63, 3.8) is 0 Å². The SMILES string of the molecule is Clc1cccc(Bc2cccc(Cl)c2Cl)c1Cl. The molecule has 0 aliphatic heterocycles. The van der Waals surface area contributed by atoms with E-state index in [0.29, 0.717) is 27.4 Å². The average Bonchev–Trinajstić information content (AvgIpc) is 2.31. The number of benzene rings is 2. The second kappa shape index (κ2) is 5.54. The molecule has 0 heterocycles. The van der Waals surface area contributed by atoms with E-state index in [4.69, 9.17) is 46.4 Å². The summed E-state index contributed by atoms with van der Waals surface area (Å²) in [6, 6.07) is 11.1. The highest BCUT2D eigenvalue weighted by molar-refractivity contribution is 6.73. The highest BCUT2D eigenvalue weighted by Crippen LogP contribution is 2.20. The lowest BCUT2D eigenvalue weighted by molar-refractivity contribution is 1.74. The zero-order valence-electron chi connectivity index (χ0n) is 8.68. The van der Waals surface area contributed by atoms with Crippen molar-refractivity contribution < 1.29 is 0 Å². The molecule has 0 aliphatic rings. The summed E-state index contributed by atoms with van der Waals surface area (Å²) in [6.07, 6.45) is 0. The van der Waals surface area contributed by atoms with Crippen molar-refractivity contribution in [2.75, 3.05) is 0 Å². The molecule has 0 nitrogen and oxygen atoms in total. The first kappa shape index (κ1) is 13.1. The molecule has 86 valence electrons. The largest absolute Gasteiger partial charge is 0.196 e. The van der Waals surface area contributed by atoms with Gasteiger partial charge in [-0.05, 0) is 12.1 Å².